The van der Waals surface area contributed by atoms with E-state index in [0.717, 1.165) is 11.1 Å². The topological polar surface area (TPSA) is 40.0 Å². The molecule has 0 fully saturated rings. The monoisotopic (exact) mass is 339 g/mol. The van der Waals surface area contributed by atoms with Gasteiger partial charge in [0.05, 0.1) is 30.5 Å². The van der Waals surface area contributed by atoms with Gasteiger partial charge in [-0.25, -0.2) is 0 Å². The molecule has 22 heavy (non-hydrogen) atoms. The van der Waals surface area contributed by atoms with E-state index >= 15 is 0 Å². The van der Waals surface area contributed by atoms with Gasteiger partial charge in [-0.3, -0.25) is 0 Å². The third-order valence-corrected chi connectivity index (χ3v) is 3.66. The van der Waals surface area contributed by atoms with E-state index in [1.807, 2.05) is 18.2 Å². The fraction of sp³-hybridized carbons (Fsp3) is 0.188. The van der Waals surface area contributed by atoms with Gasteiger partial charge in [-0.1, -0.05) is 34.4 Å². The molecule has 6 heteroatoms. The van der Waals surface area contributed by atoms with Crippen molar-refractivity contribution < 1.29 is 14.3 Å². The van der Waals surface area contributed by atoms with Crippen LogP contribution in [-0.4, -0.2) is 20.4 Å². The average molecular weight is 340 g/mol. The van der Waals surface area contributed by atoms with E-state index in [9.17, 15) is 0 Å². The van der Waals surface area contributed by atoms with Crippen molar-refractivity contribution in [2.75, 3.05) is 14.2 Å². The van der Waals surface area contributed by atoms with Crippen LogP contribution in [0.3, 0.4) is 0 Å². The largest absolute Gasteiger partial charge is 0.497 e. The van der Waals surface area contributed by atoms with Crippen LogP contribution < -0.4 is 9.47 Å². The maximum Gasteiger partial charge on any atom is 0.142 e. The van der Waals surface area contributed by atoms with E-state index in [2.05, 4.69) is 5.16 Å². The molecule has 0 aliphatic carbocycles. The molecule has 0 saturated heterocycles. The molecule has 0 saturated carbocycles. The van der Waals surface area contributed by atoms with Crippen molar-refractivity contribution in [3.8, 4) is 11.5 Å². The molecule has 0 spiro atoms. The van der Waals surface area contributed by atoms with E-state index in [1.165, 1.54) is 0 Å². The summed E-state index contributed by atoms with van der Waals surface area (Å²) >= 11 is 11.8. The highest BCUT2D eigenvalue weighted by atomic mass is 35.5. The fourth-order valence-corrected chi connectivity index (χ4v) is 2.10. The van der Waals surface area contributed by atoms with Crippen LogP contribution >= 0.6 is 23.2 Å². The first-order valence-electron chi connectivity index (χ1n) is 6.45. The van der Waals surface area contributed by atoms with E-state index < -0.39 is 0 Å². The Labute approximate surface area is 139 Å². The Bertz CT molecular complexity index is 674. The summed E-state index contributed by atoms with van der Waals surface area (Å²) < 4.78 is 10.4. The molecule has 2 aromatic carbocycles. The summed E-state index contributed by atoms with van der Waals surface area (Å²) in [6.07, 6.45) is 1.57. The number of nitrogens with zero attached hydrogens (tertiary/aromatic N) is 1. The van der Waals surface area contributed by atoms with Crippen LogP contribution in [0.25, 0.3) is 0 Å². The molecule has 0 radical (unpaired) electrons. The lowest BCUT2D eigenvalue weighted by atomic mass is 10.2. The molecular weight excluding hydrogens is 325 g/mol. The molecule has 2 rings (SSSR count). The highest BCUT2D eigenvalue weighted by Crippen LogP contribution is 2.24. The van der Waals surface area contributed by atoms with Crippen LogP contribution in [-0.2, 0) is 11.4 Å². The summed E-state index contributed by atoms with van der Waals surface area (Å²) in [5, 5.41) is 4.93. The minimum absolute atomic E-state index is 0.291. The second kappa shape index (κ2) is 7.92. The Morgan fingerprint density at radius 1 is 1.00 bits per heavy atom. The van der Waals surface area contributed by atoms with Gasteiger partial charge < -0.3 is 14.3 Å². The highest BCUT2D eigenvalue weighted by Gasteiger charge is 2.03. The van der Waals surface area contributed by atoms with Crippen LogP contribution in [0, 0.1) is 0 Å². The summed E-state index contributed by atoms with van der Waals surface area (Å²) in [6.45, 7) is 0.291. The first-order valence-corrected chi connectivity index (χ1v) is 7.21. The zero-order chi connectivity index (χ0) is 15.9. The SMILES string of the molecule is COc1ccc(OC)c(/C=N\OCc2ccc(Cl)c(Cl)c2)c1. The lowest BCUT2D eigenvalue weighted by molar-refractivity contribution is 0.132. The number of rotatable bonds is 6. The summed E-state index contributed by atoms with van der Waals surface area (Å²) in [5.41, 5.74) is 1.64. The molecule has 4 nitrogen and oxygen atoms in total. The predicted molar refractivity (Wildman–Crippen MR) is 88.4 cm³/mol. The maximum atomic E-state index is 5.94. The first kappa shape index (κ1) is 16.5. The van der Waals surface area contributed by atoms with Crippen molar-refractivity contribution in [1.29, 1.82) is 0 Å². The standard InChI is InChI=1S/C16H15Cl2NO3/c1-20-13-4-6-16(21-2)12(8-13)9-19-22-10-11-3-5-14(17)15(18)7-11/h3-9H,10H2,1-2H3/b19-9-. The van der Waals surface area contributed by atoms with Crippen LogP contribution in [0.4, 0.5) is 0 Å². The molecule has 0 N–H and O–H groups in total. The molecule has 2 aromatic rings. The molecule has 0 aliphatic rings. The highest BCUT2D eigenvalue weighted by molar-refractivity contribution is 6.42. The van der Waals surface area contributed by atoms with Crippen molar-refractivity contribution in [3.05, 3.63) is 57.6 Å². The van der Waals surface area contributed by atoms with Crippen LogP contribution in [0.1, 0.15) is 11.1 Å². The number of methoxy groups -OCH3 is 2. The summed E-state index contributed by atoms with van der Waals surface area (Å²) in [4.78, 5) is 5.26. The second-order valence-corrected chi connectivity index (χ2v) is 5.18. The van der Waals surface area contributed by atoms with Gasteiger partial charge in [0.25, 0.3) is 0 Å². The van der Waals surface area contributed by atoms with E-state index in [4.69, 9.17) is 37.5 Å². The van der Waals surface area contributed by atoms with Crippen molar-refractivity contribution in [1.82, 2.24) is 0 Å². The van der Waals surface area contributed by atoms with E-state index in [-0.39, 0.29) is 0 Å². The number of benzene rings is 2. The third-order valence-electron chi connectivity index (χ3n) is 2.92. The van der Waals surface area contributed by atoms with Gasteiger partial charge >= 0.3 is 0 Å². The lowest BCUT2D eigenvalue weighted by Gasteiger charge is -2.06. The summed E-state index contributed by atoms with van der Waals surface area (Å²) in [6, 6.07) is 10.7. The van der Waals surface area contributed by atoms with Crippen LogP contribution in [0.5, 0.6) is 11.5 Å². The first-order chi connectivity index (χ1) is 10.6. The molecule has 0 atom stereocenters. The summed E-state index contributed by atoms with van der Waals surface area (Å²) in [7, 11) is 3.19. The van der Waals surface area contributed by atoms with Gasteiger partial charge in [-0.15, -0.1) is 0 Å². The van der Waals surface area contributed by atoms with Crippen molar-refractivity contribution in [3.63, 3.8) is 0 Å². The zero-order valence-corrected chi connectivity index (χ0v) is 13.7. The van der Waals surface area contributed by atoms with Gasteiger partial charge in [0.15, 0.2) is 0 Å². The minimum atomic E-state index is 0.291. The molecule has 0 unspecified atom stereocenters. The number of ether oxygens (including phenoxy) is 2. The Morgan fingerprint density at radius 3 is 2.50 bits per heavy atom. The lowest BCUT2D eigenvalue weighted by Crippen LogP contribution is -1.94. The quantitative estimate of drug-likeness (QED) is 0.572. The van der Waals surface area contributed by atoms with E-state index in [0.29, 0.717) is 28.2 Å². The van der Waals surface area contributed by atoms with Gasteiger partial charge in [-0.05, 0) is 35.9 Å². The van der Waals surface area contributed by atoms with Gasteiger partial charge in [0.2, 0.25) is 0 Å². The summed E-state index contributed by atoms with van der Waals surface area (Å²) in [5.74, 6) is 1.40. The molecule has 0 aromatic heterocycles. The Hall–Kier alpha value is -1.91. The number of hydrogen-bond acceptors (Lipinski definition) is 4. The molecule has 116 valence electrons. The molecule has 0 amide bonds. The van der Waals surface area contributed by atoms with E-state index in [1.54, 1.807) is 38.6 Å². The Morgan fingerprint density at radius 2 is 1.82 bits per heavy atom. The van der Waals surface area contributed by atoms with Crippen molar-refractivity contribution >= 4 is 29.4 Å². The zero-order valence-electron chi connectivity index (χ0n) is 12.2. The smallest absolute Gasteiger partial charge is 0.142 e. The normalized spacial score (nSPS) is 10.7. The van der Waals surface area contributed by atoms with Crippen LogP contribution in [0.15, 0.2) is 41.6 Å². The average Bonchev–Trinajstić information content (AvgIpc) is 2.54. The predicted octanol–water partition coefficient (Wildman–Crippen LogP) is 4.56. The molecular formula is C16H15Cl2NO3. The Balaban J connectivity index is 2.01. The van der Waals surface area contributed by atoms with Gasteiger partial charge in [-0.2, -0.15) is 0 Å². The number of hydrogen-bond donors (Lipinski definition) is 0. The number of halogens is 2. The third kappa shape index (κ3) is 4.29. The fourth-order valence-electron chi connectivity index (χ4n) is 1.78. The maximum absolute atomic E-state index is 5.94. The van der Waals surface area contributed by atoms with Crippen molar-refractivity contribution in [2.24, 2.45) is 5.16 Å². The van der Waals surface area contributed by atoms with Crippen LogP contribution in [0.2, 0.25) is 10.0 Å². The molecule has 0 bridgehead atoms. The van der Waals surface area contributed by atoms with Gasteiger partial charge in [0, 0.05) is 5.56 Å². The molecule has 0 aliphatic heterocycles. The molecule has 0 heterocycles. The second-order valence-electron chi connectivity index (χ2n) is 4.36. The van der Waals surface area contributed by atoms with Crippen molar-refractivity contribution in [2.45, 2.75) is 6.61 Å². The van der Waals surface area contributed by atoms with Gasteiger partial charge in [0.1, 0.15) is 18.1 Å². The minimum Gasteiger partial charge on any atom is -0.497 e. The Kier molecular flexibility index (Phi) is 5.92. The number of oxime groups is 1.